The number of H-pyrrole nitrogens is 2. The molecule has 2 aliphatic rings. The maximum absolute atomic E-state index is 12.4. The monoisotopic (exact) mass is 556 g/mol. The van der Waals surface area contributed by atoms with Gasteiger partial charge >= 0.3 is 11.9 Å². The van der Waals surface area contributed by atoms with Crippen molar-refractivity contribution in [3.8, 4) is 5.88 Å². The van der Waals surface area contributed by atoms with Crippen LogP contribution in [0.2, 0.25) is 0 Å². The van der Waals surface area contributed by atoms with E-state index in [0.717, 1.165) is 12.8 Å². The average molecular weight is 557 g/mol. The molecule has 2 fully saturated rings. The first-order valence-corrected chi connectivity index (χ1v) is 13.9. The number of aromatic hydroxyl groups is 1. The van der Waals surface area contributed by atoms with Crippen LogP contribution < -0.4 is 26.4 Å². The molecule has 2 aliphatic carbocycles. The van der Waals surface area contributed by atoms with Gasteiger partial charge in [-0.3, -0.25) is 9.98 Å². The zero-order valence-corrected chi connectivity index (χ0v) is 20.9. The van der Waals surface area contributed by atoms with Gasteiger partial charge < -0.3 is 15.4 Å². The molecule has 0 unspecified atom stereocenters. The number of anilines is 1. The number of imidazole rings is 1. The van der Waals surface area contributed by atoms with Crippen LogP contribution in [0.5, 0.6) is 5.88 Å². The highest BCUT2D eigenvalue weighted by Gasteiger charge is 2.31. The van der Waals surface area contributed by atoms with Gasteiger partial charge in [0.1, 0.15) is 11.5 Å². The highest BCUT2D eigenvalue weighted by molar-refractivity contribution is 7.89. The minimum absolute atomic E-state index is 0.0323. The Morgan fingerprint density at radius 3 is 2.50 bits per heavy atom. The molecule has 3 heterocycles. The lowest BCUT2D eigenvalue weighted by molar-refractivity contribution is -0.130. The Balaban J connectivity index is 1.32. The van der Waals surface area contributed by atoms with E-state index in [4.69, 9.17) is 4.99 Å². The van der Waals surface area contributed by atoms with Crippen molar-refractivity contribution in [1.82, 2.24) is 29.3 Å². The summed E-state index contributed by atoms with van der Waals surface area (Å²) < 4.78 is 65.3. The molecular formula is C22H27F3N8O4S. The Kier molecular flexibility index (Phi) is 6.94. The van der Waals surface area contributed by atoms with E-state index in [-0.39, 0.29) is 23.7 Å². The largest absolute Gasteiger partial charge is 0.493 e. The van der Waals surface area contributed by atoms with Crippen molar-refractivity contribution in [2.45, 2.75) is 69.2 Å². The number of fused-ring (bicyclic) bond motifs is 1. The third-order valence-corrected chi connectivity index (χ3v) is 7.89. The zero-order valence-electron chi connectivity index (χ0n) is 20.1. The van der Waals surface area contributed by atoms with E-state index in [1.807, 2.05) is 0 Å². The summed E-state index contributed by atoms with van der Waals surface area (Å²) in [6.07, 6.45) is 1.27. The molecule has 12 nitrogen and oxygen atoms in total. The topological polar surface area (TPSA) is 170 Å². The first-order valence-electron chi connectivity index (χ1n) is 12.2. The van der Waals surface area contributed by atoms with Crippen molar-refractivity contribution in [1.29, 1.82) is 0 Å². The number of alkyl halides is 3. The van der Waals surface area contributed by atoms with E-state index < -0.39 is 40.1 Å². The summed E-state index contributed by atoms with van der Waals surface area (Å²) in [5.74, 6) is -0.754. The van der Waals surface area contributed by atoms with Crippen molar-refractivity contribution in [2.24, 2.45) is 4.99 Å². The minimum atomic E-state index is -4.53. The molecule has 0 saturated heterocycles. The molecule has 0 amide bonds. The van der Waals surface area contributed by atoms with Crippen molar-refractivity contribution >= 4 is 27.6 Å². The summed E-state index contributed by atoms with van der Waals surface area (Å²) in [6.45, 7) is 0. The maximum Gasteiger partial charge on any atom is 0.390 e. The van der Waals surface area contributed by atoms with Gasteiger partial charge in [0.2, 0.25) is 15.9 Å². The van der Waals surface area contributed by atoms with Gasteiger partial charge in [-0.25, -0.2) is 22.9 Å². The van der Waals surface area contributed by atoms with E-state index in [0.29, 0.717) is 47.9 Å². The van der Waals surface area contributed by atoms with Gasteiger partial charge in [0.15, 0.2) is 11.1 Å². The molecule has 0 aromatic carbocycles. The number of aromatic nitrogens is 5. The molecule has 38 heavy (non-hydrogen) atoms. The molecule has 5 rings (SSSR count). The molecule has 0 atom stereocenters. The second kappa shape index (κ2) is 10.1. The van der Waals surface area contributed by atoms with Gasteiger partial charge in [0.05, 0.1) is 24.4 Å². The Morgan fingerprint density at radius 2 is 1.87 bits per heavy atom. The molecule has 16 heteroatoms. The molecule has 0 bridgehead atoms. The van der Waals surface area contributed by atoms with Crippen molar-refractivity contribution in [3.05, 3.63) is 39.1 Å². The number of rotatable bonds is 8. The predicted molar refractivity (Wildman–Crippen MR) is 131 cm³/mol. The first kappa shape index (κ1) is 26.2. The summed E-state index contributed by atoms with van der Waals surface area (Å²) in [4.78, 5) is 25.6. The normalized spacial score (nSPS) is 21.9. The van der Waals surface area contributed by atoms with E-state index >= 15 is 0 Å². The summed E-state index contributed by atoms with van der Waals surface area (Å²) in [7, 11) is -4.02. The van der Waals surface area contributed by atoms with E-state index in [1.165, 1.54) is 0 Å². The van der Waals surface area contributed by atoms with E-state index in [9.17, 15) is 31.5 Å². The number of sulfonamides is 1. The molecule has 206 valence electrons. The molecule has 2 saturated carbocycles. The number of halogens is 3. The first-order chi connectivity index (χ1) is 17.9. The van der Waals surface area contributed by atoms with Gasteiger partial charge in [-0.2, -0.15) is 22.8 Å². The molecule has 0 aliphatic heterocycles. The number of hydrogen-bond acceptors (Lipinski definition) is 8. The molecular weight excluding hydrogens is 529 g/mol. The molecule has 0 spiro atoms. The van der Waals surface area contributed by atoms with E-state index in [1.54, 1.807) is 22.9 Å². The summed E-state index contributed by atoms with van der Waals surface area (Å²) in [6, 6.07) is 1.53. The minimum Gasteiger partial charge on any atom is -0.493 e. The number of aromatic amines is 2. The van der Waals surface area contributed by atoms with Gasteiger partial charge in [-0.15, -0.1) is 0 Å². The maximum atomic E-state index is 12.4. The van der Waals surface area contributed by atoms with E-state index in [2.05, 4.69) is 30.1 Å². The summed E-state index contributed by atoms with van der Waals surface area (Å²) in [5, 5.41) is 18.2. The predicted octanol–water partition coefficient (Wildman–Crippen LogP) is 0.657. The second-order valence-corrected chi connectivity index (χ2v) is 11.5. The Hall–Kier alpha value is -3.40. The van der Waals surface area contributed by atoms with Crippen LogP contribution in [0.4, 0.5) is 19.0 Å². The second-order valence-electron chi connectivity index (χ2n) is 9.68. The summed E-state index contributed by atoms with van der Waals surface area (Å²) >= 11 is 0. The Morgan fingerprint density at radius 1 is 1.16 bits per heavy atom. The van der Waals surface area contributed by atoms with Gasteiger partial charge in [-0.1, -0.05) is 0 Å². The highest BCUT2D eigenvalue weighted by atomic mass is 32.2. The smallest absolute Gasteiger partial charge is 0.390 e. The van der Waals surface area contributed by atoms with Gasteiger partial charge in [-0.05, 0) is 44.6 Å². The highest BCUT2D eigenvalue weighted by Crippen LogP contribution is 2.25. The van der Waals surface area contributed by atoms with Crippen molar-refractivity contribution in [2.75, 3.05) is 11.1 Å². The standard InChI is InChI=1S/C22H27F3N8O4S/c23-22(24,25)7-8-38(36,37)32-15-5-3-13(4-6-15)27-17-10-18(28-14-1-2-14)33-19(30-17)12(11-26-33)9-16-20(34)31-21(35)29-16/h9-11,13-15,27,32,34H,1-8H2,(H2,29,31,35)/b12-9-,28-18?. The molecule has 3 aromatic heterocycles. The van der Waals surface area contributed by atoms with Crippen LogP contribution in [-0.4, -0.2) is 68.1 Å². The Labute approximate surface area is 214 Å². The fourth-order valence-corrected chi connectivity index (χ4v) is 5.76. The molecule has 0 radical (unpaired) electrons. The van der Waals surface area contributed by atoms with Crippen LogP contribution in [0.1, 0.15) is 50.6 Å². The van der Waals surface area contributed by atoms with Crippen molar-refractivity contribution < 1.29 is 26.7 Å². The summed E-state index contributed by atoms with van der Waals surface area (Å²) in [5.41, 5.74) is 0.685. The van der Waals surface area contributed by atoms with Crippen LogP contribution in [0.25, 0.3) is 11.7 Å². The third kappa shape index (κ3) is 6.53. The van der Waals surface area contributed by atoms with Crippen LogP contribution in [-0.2, 0) is 10.0 Å². The number of hydrogen-bond donors (Lipinski definition) is 5. The quantitative estimate of drug-likeness (QED) is 0.271. The molecule has 3 aromatic rings. The number of nitrogens with zero attached hydrogens (tertiary/aromatic N) is 4. The van der Waals surface area contributed by atoms with Crippen LogP contribution in [0, 0.1) is 0 Å². The third-order valence-electron chi connectivity index (χ3n) is 6.46. The lowest BCUT2D eigenvalue weighted by atomic mass is 9.92. The average Bonchev–Trinajstić information content (AvgIpc) is 3.47. The fourth-order valence-electron chi connectivity index (χ4n) is 4.40. The van der Waals surface area contributed by atoms with Crippen molar-refractivity contribution in [3.63, 3.8) is 0 Å². The number of nitrogens with one attached hydrogen (secondary N) is 4. The van der Waals surface area contributed by atoms with Crippen LogP contribution in [0.15, 0.2) is 22.1 Å². The SMILES string of the molecule is O=c1[nH]c(O)c(/C=c2/cnn3c(=NC4CC4)cc(NC4CCC(NS(=O)(=O)CCC(F)(F)F)CC4)nc23)[nH]1. The lowest BCUT2D eigenvalue weighted by Crippen LogP contribution is -2.41. The van der Waals surface area contributed by atoms with Crippen LogP contribution >= 0.6 is 0 Å². The van der Waals surface area contributed by atoms with Gasteiger partial charge in [0, 0.05) is 23.4 Å². The van der Waals surface area contributed by atoms with Gasteiger partial charge in [0.25, 0.3) is 0 Å². The zero-order chi connectivity index (χ0) is 27.1. The Bertz CT molecular complexity index is 1600. The van der Waals surface area contributed by atoms with Crippen LogP contribution in [0.3, 0.4) is 0 Å². The fraction of sp³-hybridized carbons (Fsp3) is 0.545. The lowest BCUT2D eigenvalue weighted by Gasteiger charge is -2.29. The molecule has 5 N–H and O–H groups in total.